The standard InChI is InChI=1S/C14H22BNO2/c1-6-7-11-8-9-16-10-12(11)15-17-13(2,3)14(4,5)18-15/h8-10H,6-7H2,1-5H3. The smallest absolute Gasteiger partial charge is 0.399 e. The average Bonchev–Trinajstić information content (AvgIpc) is 2.49. The van der Waals surface area contributed by atoms with E-state index in [2.05, 4.69) is 45.7 Å². The summed E-state index contributed by atoms with van der Waals surface area (Å²) >= 11 is 0. The molecule has 1 aliphatic rings. The highest BCUT2D eigenvalue weighted by atomic mass is 16.7. The molecule has 0 amide bonds. The third kappa shape index (κ3) is 2.32. The van der Waals surface area contributed by atoms with Crippen molar-refractivity contribution in [2.75, 3.05) is 0 Å². The van der Waals surface area contributed by atoms with Gasteiger partial charge in [-0.05, 0) is 45.7 Å². The van der Waals surface area contributed by atoms with Gasteiger partial charge in [-0.2, -0.15) is 0 Å². The number of rotatable bonds is 3. The Kier molecular flexibility index (Phi) is 3.52. The lowest BCUT2D eigenvalue weighted by atomic mass is 9.76. The third-order valence-electron chi connectivity index (χ3n) is 3.97. The van der Waals surface area contributed by atoms with Crippen molar-refractivity contribution in [3.63, 3.8) is 0 Å². The summed E-state index contributed by atoms with van der Waals surface area (Å²) in [5.74, 6) is 0. The second-order valence-electron chi connectivity index (χ2n) is 5.91. The zero-order valence-corrected chi connectivity index (χ0v) is 12.0. The van der Waals surface area contributed by atoms with Crippen LogP contribution in [0.1, 0.15) is 46.6 Å². The third-order valence-corrected chi connectivity index (χ3v) is 3.97. The molecular weight excluding hydrogens is 225 g/mol. The van der Waals surface area contributed by atoms with Crippen molar-refractivity contribution in [3.05, 3.63) is 24.0 Å². The zero-order chi connectivity index (χ0) is 13.4. The SMILES string of the molecule is CCCc1ccncc1B1OC(C)(C)C(C)(C)O1. The first-order valence-electron chi connectivity index (χ1n) is 6.66. The fraction of sp³-hybridized carbons (Fsp3) is 0.643. The molecule has 1 aromatic rings. The van der Waals surface area contributed by atoms with E-state index in [0.29, 0.717) is 0 Å². The van der Waals surface area contributed by atoms with Gasteiger partial charge < -0.3 is 9.31 Å². The van der Waals surface area contributed by atoms with E-state index in [-0.39, 0.29) is 18.3 Å². The molecule has 1 aromatic heterocycles. The molecule has 0 unspecified atom stereocenters. The highest BCUT2D eigenvalue weighted by molar-refractivity contribution is 6.62. The second kappa shape index (κ2) is 4.67. The summed E-state index contributed by atoms with van der Waals surface area (Å²) in [6, 6.07) is 2.06. The van der Waals surface area contributed by atoms with Gasteiger partial charge in [0, 0.05) is 17.9 Å². The highest BCUT2D eigenvalue weighted by Gasteiger charge is 2.52. The Bertz CT molecular complexity index is 416. The number of nitrogens with zero attached hydrogens (tertiary/aromatic N) is 1. The van der Waals surface area contributed by atoms with Crippen molar-refractivity contribution in [1.82, 2.24) is 4.98 Å². The van der Waals surface area contributed by atoms with Gasteiger partial charge in [0.25, 0.3) is 0 Å². The molecule has 3 nitrogen and oxygen atoms in total. The molecule has 0 radical (unpaired) electrons. The molecule has 98 valence electrons. The van der Waals surface area contributed by atoms with Crippen molar-refractivity contribution in [3.8, 4) is 0 Å². The monoisotopic (exact) mass is 247 g/mol. The predicted molar refractivity (Wildman–Crippen MR) is 73.9 cm³/mol. The fourth-order valence-electron chi connectivity index (χ4n) is 2.11. The van der Waals surface area contributed by atoms with Gasteiger partial charge in [0.1, 0.15) is 0 Å². The molecule has 2 rings (SSSR count). The van der Waals surface area contributed by atoms with Crippen LogP contribution in [0.3, 0.4) is 0 Å². The van der Waals surface area contributed by atoms with Crippen LogP contribution >= 0.6 is 0 Å². The molecule has 1 aliphatic heterocycles. The van der Waals surface area contributed by atoms with Crippen LogP contribution in [0.25, 0.3) is 0 Å². The summed E-state index contributed by atoms with van der Waals surface area (Å²) in [7, 11) is -0.301. The first-order chi connectivity index (χ1) is 8.37. The maximum Gasteiger partial charge on any atom is 0.496 e. The van der Waals surface area contributed by atoms with Gasteiger partial charge in [-0.1, -0.05) is 13.3 Å². The lowest BCUT2D eigenvalue weighted by molar-refractivity contribution is 0.00578. The molecule has 0 atom stereocenters. The van der Waals surface area contributed by atoms with Gasteiger partial charge in [-0.25, -0.2) is 0 Å². The Morgan fingerprint density at radius 2 is 1.78 bits per heavy atom. The fourth-order valence-corrected chi connectivity index (χ4v) is 2.11. The van der Waals surface area contributed by atoms with Crippen LogP contribution < -0.4 is 5.46 Å². The molecule has 4 heteroatoms. The van der Waals surface area contributed by atoms with E-state index < -0.39 is 0 Å². The molecule has 0 saturated carbocycles. The second-order valence-corrected chi connectivity index (χ2v) is 5.91. The van der Waals surface area contributed by atoms with E-state index in [4.69, 9.17) is 9.31 Å². The van der Waals surface area contributed by atoms with Gasteiger partial charge >= 0.3 is 7.12 Å². The first-order valence-corrected chi connectivity index (χ1v) is 6.66. The summed E-state index contributed by atoms with van der Waals surface area (Å²) in [4.78, 5) is 4.21. The van der Waals surface area contributed by atoms with Crippen LogP contribution in [0.15, 0.2) is 18.5 Å². The molecule has 0 spiro atoms. The van der Waals surface area contributed by atoms with Crippen molar-refractivity contribution in [2.45, 2.75) is 58.7 Å². The van der Waals surface area contributed by atoms with Gasteiger partial charge in [-0.15, -0.1) is 0 Å². The molecule has 0 aliphatic carbocycles. The maximum absolute atomic E-state index is 6.07. The van der Waals surface area contributed by atoms with Crippen molar-refractivity contribution >= 4 is 12.6 Å². The number of aromatic nitrogens is 1. The quantitative estimate of drug-likeness (QED) is 0.768. The van der Waals surface area contributed by atoms with E-state index in [9.17, 15) is 0 Å². The molecular formula is C14H22BNO2. The van der Waals surface area contributed by atoms with Gasteiger partial charge in [0.15, 0.2) is 0 Å². The lowest BCUT2D eigenvalue weighted by Gasteiger charge is -2.32. The number of pyridine rings is 1. The van der Waals surface area contributed by atoms with E-state index in [1.54, 1.807) is 0 Å². The van der Waals surface area contributed by atoms with Crippen molar-refractivity contribution < 1.29 is 9.31 Å². The van der Waals surface area contributed by atoms with Crippen LogP contribution in [-0.2, 0) is 15.7 Å². The Morgan fingerprint density at radius 1 is 1.17 bits per heavy atom. The molecule has 1 fully saturated rings. The topological polar surface area (TPSA) is 31.4 Å². The maximum atomic E-state index is 6.07. The molecule has 0 bridgehead atoms. The lowest BCUT2D eigenvalue weighted by Crippen LogP contribution is -2.41. The zero-order valence-electron chi connectivity index (χ0n) is 12.0. The Hall–Kier alpha value is -0.865. The van der Waals surface area contributed by atoms with Gasteiger partial charge in [0.2, 0.25) is 0 Å². The van der Waals surface area contributed by atoms with Crippen molar-refractivity contribution in [1.29, 1.82) is 0 Å². The summed E-state index contributed by atoms with van der Waals surface area (Å²) in [6.07, 6.45) is 5.84. The summed E-state index contributed by atoms with van der Waals surface area (Å²) in [6.45, 7) is 10.5. The summed E-state index contributed by atoms with van der Waals surface area (Å²) in [5, 5.41) is 0. The largest absolute Gasteiger partial charge is 0.496 e. The Balaban J connectivity index is 2.29. The van der Waals surface area contributed by atoms with E-state index in [1.807, 2.05) is 12.4 Å². The Labute approximate surface area is 110 Å². The van der Waals surface area contributed by atoms with Crippen LogP contribution in [0.4, 0.5) is 0 Å². The van der Waals surface area contributed by atoms with E-state index >= 15 is 0 Å². The minimum atomic E-state index is -0.301. The Morgan fingerprint density at radius 3 is 2.33 bits per heavy atom. The predicted octanol–water partition coefficient (Wildman–Crippen LogP) is 2.33. The molecule has 18 heavy (non-hydrogen) atoms. The average molecular weight is 247 g/mol. The van der Waals surface area contributed by atoms with Crippen LogP contribution in [0, 0.1) is 0 Å². The minimum Gasteiger partial charge on any atom is -0.399 e. The molecule has 2 heterocycles. The van der Waals surface area contributed by atoms with Gasteiger partial charge in [-0.3, -0.25) is 4.98 Å². The van der Waals surface area contributed by atoms with Crippen LogP contribution in [0.2, 0.25) is 0 Å². The summed E-state index contributed by atoms with van der Waals surface area (Å²) in [5.41, 5.74) is 1.75. The molecule has 0 aromatic carbocycles. The number of hydrogen-bond acceptors (Lipinski definition) is 3. The summed E-state index contributed by atoms with van der Waals surface area (Å²) < 4.78 is 12.1. The normalized spacial score (nSPS) is 21.3. The van der Waals surface area contributed by atoms with Gasteiger partial charge in [0.05, 0.1) is 11.2 Å². The minimum absolute atomic E-state index is 0.295. The number of aryl methyl sites for hydroxylation is 1. The molecule has 0 N–H and O–H groups in total. The number of hydrogen-bond donors (Lipinski definition) is 0. The first kappa shape index (κ1) is 13.6. The molecule has 1 saturated heterocycles. The van der Waals surface area contributed by atoms with Crippen LogP contribution in [0.5, 0.6) is 0 Å². The highest BCUT2D eigenvalue weighted by Crippen LogP contribution is 2.36. The van der Waals surface area contributed by atoms with E-state index in [1.165, 1.54) is 5.56 Å². The van der Waals surface area contributed by atoms with E-state index in [0.717, 1.165) is 18.3 Å². The van der Waals surface area contributed by atoms with Crippen molar-refractivity contribution in [2.24, 2.45) is 0 Å². The van der Waals surface area contributed by atoms with Crippen LogP contribution in [-0.4, -0.2) is 23.3 Å².